The molecule has 0 N–H and O–H groups in total. The van der Waals surface area contributed by atoms with E-state index in [1.54, 1.807) is 0 Å². The van der Waals surface area contributed by atoms with E-state index >= 15 is 0 Å². The second kappa shape index (κ2) is 15.8. The van der Waals surface area contributed by atoms with Crippen LogP contribution < -0.4 is 10.6 Å². The van der Waals surface area contributed by atoms with E-state index in [0.29, 0.717) is 29.3 Å². The SMILES string of the molecule is C1=CC2CCC([C@@H](c3ccccc3)[C@H](c3ccccc3)[PH+](c3ccccc3)c3ccccc3)C2C=C1.[C-]=O.[CH3-].[Rh+2]. The molecule has 0 bridgehead atoms. The molecule has 0 amide bonds. The molecule has 2 aliphatic rings. The first-order valence-electron chi connectivity index (χ1n) is 13.5. The van der Waals surface area contributed by atoms with Crippen molar-refractivity contribution < 1.29 is 24.3 Å². The van der Waals surface area contributed by atoms with E-state index in [4.69, 9.17) is 4.79 Å². The van der Waals surface area contributed by atoms with Gasteiger partial charge >= 0.3 is 19.5 Å². The zero-order valence-corrected chi connectivity index (χ0v) is 25.5. The van der Waals surface area contributed by atoms with Crippen molar-refractivity contribution in [1.29, 1.82) is 0 Å². The van der Waals surface area contributed by atoms with Gasteiger partial charge in [0.05, 0.1) is 18.5 Å². The van der Waals surface area contributed by atoms with Crippen molar-refractivity contribution in [2.45, 2.75) is 24.4 Å². The van der Waals surface area contributed by atoms with Crippen LogP contribution in [0.3, 0.4) is 0 Å². The Kier molecular flexibility index (Phi) is 12.5. The van der Waals surface area contributed by atoms with Crippen LogP contribution in [0.25, 0.3) is 0 Å². The van der Waals surface area contributed by atoms with Gasteiger partial charge < -0.3 is 19.0 Å². The molecular weight excluding hydrogens is 594 g/mol. The Balaban J connectivity index is 0.00000108. The summed E-state index contributed by atoms with van der Waals surface area (Å²) in [6.07, 6.45) is 12.1. The normalized spacial score (nSPS) is 20.2. The van der Waals surface area contributed by atoms with Crippen LogP contribution in [0.15, 0.2) is 146 Å². The Morgan fingerprint density at radius 3 is 1.57 bits per heavy atom. The molecule has 0 aromatic heterocycles. The largest absolute Gasteiger partial charge is 2.00 e. The Morgan fingerprint density at radius 1 is 0.600 bits per heavy atom. The molecule has 1 fully saturated rings. The number of fused-ring (bicyclic) bond motifs is 1. The number of hydrogen-bond donors (Lipinski definition) is 0. The minimum Gasteiger partial charge on any atom is -0.573 e. The fourth-order valence-corrected chi connectivity index (χ4v) is 10.2. The molecule has 2 radical (unpaired) electrons. The van der Waals surface area contributed by atoms with E-state index < -0.39 is 7.92 Å². The average molecular weight is 632 g/mol. The van der Waals surface area contributed by atoms with Crippen molar-refractivity contribution in [3.8, 4) is 0 Å². The number of allylic oxidation sites excluding steroid dienone is 4. The molecule has 6 rings (SSSR count). The van der Waals surface area contributed by atoms with E-state index in [1.165, 1.54) is 34.6 Å². The van der Waals surface area contributed by atoms with E-state index in [1.807, 2.05) is 0 Å². The first-order chi connectivity index (χ1) is 18.9. The van der Waals surface area contributed by atoms with E-state index in [2.05, 4.69) is 152 Å². The van der Waals surface area contributed by atoms with Crippen LogP contribution in [0.1, 0.15) is 35.5 Å². The smallest absolute Gasteiger partial charge is 0.573 e. The average Bonchev–Trinajstić information content (AvgIpc) is 3.44. The van der Waals surface area contributed by atoms with Crippen molar-refractivity contribution in [1.82, 2.24) is 0 Å². The minimum absolute atomic E-state index is 0. The van der Waals surface area contributed by atoms with Gasteiger partial charge in [-0.2, -0.15) is 0 Å². The first-order valence-corrected chi connectivity index (χ1v) is 15.1. The quantitative estimate of drug-likeness (QED) is 0.114. The van der Waals surface area contributed by atoms with Gasteiger partial charge in [-0.3, -0.25) is 0 Å². The molecule has 4 aromatic rings. The number of benzene rings is 4. The molecule has 204 valence electrons. The van der Waals surface area contributed by atoms with Crippen LogP contribution >= 0.6 is 7.92 Å². The molecule has 0 heterocycles. The summed E-state index contributed by atoms with van der Waals surface area (Å²) < 4.78 is 0. The van der Waals surface area contributed by atoms with Gasteiger partial charge in [0.2, 0.25) is 0 Å². The van der Waals surface area contributed by atoms with Crippen molar-refractivity contribution in [2.24, 2.45) is 17.8 Å². The van der Waals surface area contributed by atoms with Gasteiger partial charge in [0.15, 0.2) is 0 Å². The fraction of sp³-hybridized carbons (Fsp3) is 0.189. The Morgan fingerprint density at radius 2 is 1.05 bits per heavy atom. The second-order valence-electron chi connectivity index (χ2n) is 10.2. The molecule has 3 heteroatoms. The summed E-state index contributed by atoms with van der Waals surface area (Å²) in [5, 5.41) is 2.99. The summed E-state index contributed by atoms with van der Waals surface area (Å²) in [7, 11) is -1.15. The summed E-state index contributed by atoms with van der Waals surface area (Å²) >= 11 is 0. The van der Waals surface area contributed by atoms with Crippen LogP contribution in [0.5, 0.6) is 0 Å². The maximum absolute atomic E-state index is 7.50. The molecule has 2 aliphatic carbocycles. The number of rotatable bonds is 7. The molecule has 0 spiro atoms. The van der Waals surface area contributed by atoms with Crippen molar-refractivity contribution in [3.05, 3.63) is 164 Å². The summed E-state index contributed by atoms with van der Waals surface area (Å²) in [5.74, 6) is 2.36. The molecule has 0 saturated heterocycles. The third-order valence-electron chi connectivity index (χ3n) is 8.27. The predicted octanol–water partition coefficient (Wildman–Crippen LogP) is 8.20. The standard InChI is InChI=1S/C35H33P.CO.CH3.Rh/c1-5-16-28(17-6-1)34(33-26-25-27-15-13-14-24-32(27)33)35(29-18-7-2-8-19-29)36(30-20-9-3-10-21-30)31-22-11-4-12-23-31;1-2;;/h1-24,27,32-35H,25-26H2;;1H3;/q;2*-1;+2/p+1/t27?,32?,33?,34-,35+;;;/m1.../s1. The maximum atomic E-state index is 7.50. The zero-order valence-electron chi connectivity index (χ0n) is 22.9. The third-order valence-corrected chi connectivity index (χ3v) is 11.5. The minimum atomic E-state index is -1.15. The third kappa shape index (κ3) is 6.86. The van der Waals surface area contributed by atoms with Crippen LogP contribution in [0.2, 0.25) is 0 Å². The van der Waals surface area contributed by atoms with Gasteiger partial charge in [-0.05, 0) is 66.0 Å². The summed E-state index contributed by atoms with van der Waals surface area (Å²) in [4.78, 5) is 7.50. The van der Waals surface area contributed by atoms with Crippen LogP contribution in [0.4, 0.5) is 0 Å². The van der Waals surface area contributed by atoms with Gasteiger partial charge in [0.1, 0.15) is 5.66 Å². The van der Waals surface area contributed by atoms with Gasteiger partial charge in [0, 0.05) is 5.92 Å². The number of carbonyl (C=O) groups excluding carboxylic acids is 1. The van der Waals surface area contributed by atoms with Gasteiger partial charge in [-0.25, -0.2) is 0 Å². The van der Waals surface area contributed by atoms with Crippen LogP contribution in [-0.2, 0) is 24.3 Å². The second-order valence-corrected chi connectivity index (χ2v) is 12.8. The summed E-state index contributed by atoms with van der Waals surface area (Å²) in [6.45, 7) is 4.50. The molecular formula is C37H37OPRh+. The maximum Gasteiger partial charge on any atom is 2.00 e. The molecule has 1 nitrogen and oxygen atoms in total. The summed E-state index contributed by atoms with van der Waals surface area (Å²) in [6, 6.07) is 45.6. The van der Waals surface area contributed by atoms with Crippen molar-refractivity contribution >= 4 is 25.3 Å². The van der Waals surface area contributed by atoms with Gasteiger partial charge in [-0.1, -0.05) is 121 Å². The van der Waals surface area contributed by atoms with E-state index in [-0.39, 0.29) is 26.9 Å². The van der Waals surface area contributed by atoms with Crippen LogP contribution in [0, 0.1) is 25.2 Å². The van der Waals surface area contributed by atoms with Crippen LogP contribution in [-0.4, -0.2) is 6.79 Å². The van der Waals surface area contributed by atoms with E-state index in [9.17, 15) is 0 Å². The molecule has 3 unspecified atom stereocenters. The summed E-state index contributed by atoms with van der Waals surface area (Å²) in [5.41, 5.74) is 3.40. The van der Waals surface area contributed by atoms with Gasteiger partial charge in [0.25, 0.3) is 0 Å². The fourth-order valence-electron chi connectivity index (χ4n) is 6.75. The Bertz CT molecular complexity index is 1280. The molecule has 40 heavy (non-hydrogen) atoms. The molecule has 1 saturated carbocycles. The number of hydrogen-bond acceptors (Lipinski definition) is 1. The zero-order chi connectivity index (χ0) is 26.2. The first kappa shape index (κ1) is 31.6. The molecule has 0 aliphatic heterocycles. The van der Waals surface area contributed by atoms with Gasteiger partial charge in [-0.15, -0.1) is 0 Å². The predicted molar refractivity (Wildman–Crippen MR) is 169 cm³/mol. The van der Waals surface area contributed by atoms with E-state index in [0.717, 1.165) is 0 Å². The monoisotopic (exact) mass is 631 g/mol. The molecule has 4 aromatic carbocycles. The molecule has 5 atom stereocenters. The van der Waals surface area contributed by atoms with Crippen molar-refractivity contribution in [2.75, 3.05) is 0 Å². The topological polar surface area (TPSA) is 17.1 Å². The Labute approximate surface area is 255 Å². The van der Waals surface area contributed by atoms with Crippen molar-refractivity contribution in [3.63, 3.8) is 0 Å². The Hall–Kier alpha value is -2.92.